The van der Waals surface area contributed by atoms with Gasteiger partial charge in [0, 0.05) is 16.5 Å². The number of aromatic amines is 1. The number of hydrogen-bond donors (Lipinski definition) is 1. The van der Waals surface area contributed by atoms with E-state index >= 15 is 0 Å². The zero-order valence-corrected chi connectivity index (χ0v) is 18.6. The molecule has 0 atom stereocenters. The summed E-state index contributed by atoms with van der Waals surface area (Å²) in [5, 5.41) is 17.0. The van der Waals surface area contributed by atoms with Crippen LogP contribution in [0.3, 0.4) is 0 Å². The molecule has 9 nitrogen and oxygen atoms in total. The van der Waals surface area contributed by atoms with Crippen LogP contribution in [-0.4, -0.2) is 30.0 Å². The highest BCUT2D eigenvalue weighted by atomic mass is 32.1. The van der Waals surface area contributed by atoms with Crippen molar-refractivity contribution in [3.63, 3.8) is 0 Å². The van der Waals surface area contributed by atoms with Crippen molar-refractivity contribution in [1.82, 2.24) is 24.2 Å². The minimum atomic E-state index is -0.258. The van der Waals surface area contributed by atoms with E-state index < -0.39 is 0 Å². The highest BCUT2D eigenvalue weighted by Gasteiger charge is 2.26. The lowest BCUT2D eigenvalue weighted by molar-refractivity contribution is 0.101. The largest absolute Gasteiger partial charge is 0.295 e. The Labute approximate surface area is 182 Å². The monoisotopic (exact) mass is 432 g/mol. The second kappa shape index (κ2) is 7.52. The van der Waals surface area contributed by atoms with Gasteiger partial charge in [0.25, 0.3) is 0 Å². The maximum absolute atomic E-state index is 11.5. The summed E-state index contributed by atoms with van der Waals surface area (Å²) in [5.41, 5.74) is 4.14. The maximum Gasteiger partial charge on any atom is 0.247 e. The summed E-state index contributed by atoms with van der Waals surface area (Å²) in [6.45, 7) is 16.8. The summed E-state index contributed by atoms with van der Waals surface area (Å²) in [7, 11) is 0. The van der Waals surface area contributed by atoms with Gasteiger partial charge in [0.15, 0.2) is 22.3 Å². The van der Waals surface area contributed by atoms with E-state index in [1.807, 2.05) is 12.1 Å². The van der Waals surface area contributed by atoms with E-state index in [2.05, 4.69) is 55.4 Å². The quantitative estimate of drug-likeness (QED) is 0.244. The number of ketones is 1. The van der Waals surface area contributed by atoms with Crippen LogP contribution in [-0.2, 0) is 5.41 Å². The summed E-state index contributed by atoms with van der Waals surface area (Å²) >= 11 is 1.14. The molecule has 0 saturated carbocycles. The second-order valence-electron chi connectivity index (χ2n) is 8.12. The Morgan fingerprint density at radius 2 is 1.94 bits per heavy atom. The topological polar surface area (TPSA) is 105 Å². The smallest absolute Gasteiger partial charge is 0.247 e. The Morgan fingerprint density at radius 3 is 2.55 bits per heavy atom. The van der Waals surface area contributed by atoms with Crippen molar-refractivity contribution in [2.45, 2.75) is 40.0 Å². The fourth-order valence-electron chi connectivity index (χ4n) is 3.05. The molecule has 156 valence electrons. The van der Waals surface area contributed by atoms with Crippen molar-refractivity contribution in [1.29, 1.82) is 0 Å². The first-order valence-corrected chi connectivity index (χ1v) is 10.3. The summed E-state index contributed by atoms with van der Waals surface area (Å²) in [6, 6.07) is 7.15. The molecule has 0 aliphatic carbocycles. The van der Waals surface area contributed by atoms with Gasteiger partial charge < -0.3 is 0 Å². The highest BCUT2D eigenvalue weighted by Crippen LogP contribution is 2.39. The number of benzene rings is 1. The Hall–Kier alpha value is -3.71. The number of carbonyl (C=O) groups excluding carboxylic acids is 1. The van der Waals surface area contributed by atoms with E-state index in [-0.39, 0.29) is 11.2 Å². The molecule has 0 unspecified atom stereocenters. The number of fused-ring (bicyclic) bond motifs is 1. The van der Waals surface area contributed by atoms with Gasteiger partial charge >= 0.3 is 0 Å². The Bertz CT molecular complexity index is 1360. The average molecular weight is 433 g/mol. The number of nitrogens with one attached hydrogen (secondary N) is 1. The molecule has 3 heterocycles. The number of carbonyl (C=O) groups is 1. The van der Waals surface area contributed by atoms with Crippen molar-refractivity contribution in [2.75, 3.05) is 0 Å². The molecular formula is C21H20N8OS. The highest BCUT2D eigenvalue weighted by molar-refractivity contribution is 7.10. The Kier molecular flexibility index (Phi) is 4.99. The number of hydrogen-bond acceptors (Lipinski definition) is 7. The molecule has 0 aliphatic rings. The number of aromatic nitrogens is 5. The molecule has 0 bridgehead atoms. The predicted molar refractivity (Wildman–Crippen MR) is 119 cm³/mol. The molecule has 31 heavy (non-hydrogen) atoms. The van der Waals surface area contributed by atoms with Gasteiger partial charge in [-0.15, -0.1) is 15.3 Å². The molecule has 10 heteroatoms. The van der Waals surface area contributed by atoms with Crippen molar-refractivity contribution < 1.29 is 4.79 Å². The van der Waals surface area contributed by atoms with Gasteiger partial charge in [-0.3, -0.25) is 9.89 Å². The summed E-state index contributed by atoms with van der Waals surface area (Å²) in [4.78, 5) is 19.7. The standard InChI is InChI=1S/C21H20N8OS/c1-11-15(22-6)20(31-28-11)25-24-16-17(21(3,4)5)26-29-19(16)23-18(27-29)14-9-7-13(8-10-14)12(2)30/h7-10,26H,1-5H3. The third kappa shape index (κ3) is 3.75. The summed E-state index contributed by atoms with van der Waals surface area (Å²) in [5.74, 6) is 0.514. The maximum atomic E-state index is 11.5. The van der Waals surface area contributed by atoms with Crippen LogP contribution >= 0.6 is 11.5 Å². The fourth-order valence-corrected chi connectivity index (χ4v) is 3.72. The van der Waals surface area contributed by atoms with Gasteiger partial charge in [0.05, 0.1) is 18.0 Å². The number of aryl methyl sites for hydroxylation is 1. The van der Waals surface area contributed by atoms with Crippen LogP contribution in [0, 0.1) is 13.5 Å². The van der Waals surface area contributed by atoms with Crippen molar-refractivity contribution in [3.8, 4) is 11.4 Å². The van der Waals surface area contributed by atoms with Gasteiger partial charge in [-0.05, 0) is 25.4 Å². The summed E-state index contributed by atoms with van der Waals surface area (Å²) < 4.78 is 5.77. The van der Waals surface area contributed by atoms with Gasteiger partial charge in [-0.2, -0.15) is 4.63 Å². The van der Waals surface area contributed by atoms with Crippen molar-refractivity contribution in [3.05, 3.63) is 52.6 Å². The molecule has 0 aliphatic heterocycles. The first kappa shape index (κ1) is 20.6. The van der Waals surface area contributed by atoms with Crippen LogP contribution in [0.4, 0.5) is 16.4 Å². The Balaban J connectivity index is 1.81. The van der Waals surface area contributed by atoms with Gasteiger partial charge in [0.1, 0.15) is 0 Å². The van der Waals surface area contributed by atoms with E-state index in [4.69, 9.17) is 6.57 Å². The van der Waals surface area contributed by atoms with Gasteiger partial charge in [-0.1, -0.05) is 45.0 Å². The molecule has 1 aromatic carbocycles. The number of nitrogens with zero attached hydrogens (tertiary/aromatic N) is 7. The zero-order valence-electron chi connectivity index (χ0n) is 17.8. The molecule has 3 aromatic heterocycles. The van der Waals surface area contributed by atoms with Gasteiger partial charge in [0.2, 0.25) is 11.3 Å². The first-order chi connectivity index (χ1) is 14.7. The van der Waals surface area contributed by atoms with Crippen LogP contribution in [0.1, 0.15) is 49.4 Å². The average Bonchev–Trinajstić information content (AvgIpc) is 3.38. The van der Waals surface area contributed by atoms with Crippen molar-refractivity contribution >= 4 is 39.3 Å². The third-order valence-electron chi connectivity index (χ3n) is 4.74. The van der Waals surface area contributed by atoms with Crippen molar-refractivity contribution in [2.24, 2.45) is 10.2 Å². The minimum absolute atomic E-state index is 0.00560. The lowest BCUT2D eigenvalue weighted by Crippen LogP contribution is -2.12. The fraction of sp³-hybridized carbons (Fsp3) is 0.286. The minimum Gasteiger partial charge on any atom is -0.295 e. The number of azo groups is 1. The molecule has 0 spiro atoms. The number of Topliss-reactive ketones (excluding diaryl/α,β-unsaturated/α-hetero) is 1. The van der Waals surface area contributed by atoms with Crippen LogP contribution in [0.2, 0.25) is 0 Å². The number of H-pyrrole nitrogens is 1. The van der Waals surface area contributed by atoms with Crippen LogP contribution in [0.15, 0.2) is 34.5 Å². The second-order valence-corrected chi connectivity index (χ2v) is 8.88. The molecule has 0 saturated heterocycles. The Morgan fingerprint density at radius 1 is 1.23 bits per heavy atom. The van der Waals surface area contributed by atoms with Crippen LogP contribution in [0.5, 0.6) is 0 Å². The molecule has 0 fully saturated rings. The third-order valence-corrected chi connectivity index (χ3v) is 5.55. The molecule has 4 rings (SSSR count). The van der Waals surface area contributed by atoms with Crippen LogP contribution in [0.25, 0.3) is 21.9 Å². The van der Waals surface area contributed by atoms with E-state index in [1.165, 1.54) is 6.92 Å². The summed E-state index contributed by atoms with van der Waals surface area (Å²) in [6.07, 6.45) is 0. The van der Waals surface area contributed by atoms with Gasteiger partial charge in [-0.25, -0.2) is 14.2 Å². The molecule has 0 amide bonds. The first-order valence-electron chi connectivity index (χ1n) is 9.55. The normalized spacial score (nSPS) is 12.0. The molecule has 1 N–H and O–H groups in total. The molecular weight excluding hydrogens is 412 g/mol. The van der Waals surface area contributed by atoms with E-state index in [0.717, 1.165) is 22.8 Å². The SMILES string of the molecule is [C-]#[N+]c1c(C)nsc1N=Nc1c(C(C)(C)C)[nH]n2nc(-c3ccc(C(C)=O)cc3)nc12. The zero-order chi connectivity index (χ0) is 22.3. The van der Waals surface area contributed by atoms with E-state index in [1.54, 1.807) is 23.7 Å². The lowest BCUT2D eigenvalue weighted by Gasteiger charge is -2.16. The van der Waals surface area contributed by atoms with Crippen LogP contribution < -0.4 is 0 Å². The number of rotatable bonds is 4. The molecule has 4 aromatic rings. The predicted octanol–water partition coefficient (Wildman–Crippen LogP) is 5.96. The molecule has 0 radical (unpaired) electrons. The van der Waals surface area contributed by atoms with E-state index in [9.17, 15) is 4.79 Å². The van der Waals surface area contributed by atoms with E-state index in [0.29, 0.717) is 39.1 Å². The lowest BCUT2D eigenvalue weighted by atomic mass is 9.91.